The van der Waals surface area contributed by atoms with E-state index >= 15 is 0 Å². The summed E-state index contributed by atoms with van der Waals surface area (Å²) in [5.41, 5.74) is 0.813. The van der Waals surface area contributed by atoms with Crippen LogP contribution >= 0.6 is 12.4 Å². The highest BCUT2D eigenvalue weighted by Gasteiger charge is 2.09. The SMILES string of the molecule is Cl.O=C(O)c1ccc(-c2ccncc2)o1. The summed E-state index contributed by atoms with van der Waals surface area (Å²) in [6.45, 7) is 0. The largest absolute Gasteiger partial charge is 0.475 e. The normalized spacial score (nSPS) is 9.33. The number of pyridine rings is 1. The topological polar surface area (TPSA) is 63.3 Å². The van der Waals surface area contributed by atoms with Gasteiger partial charge in [0, 0.05) is 18.0 Å². The molecule has 2 heterocycles. The second kappa shape index (κ2) is 4.61. The predicted molar refractivity (Wildman–Crippen MR) is 56.1 cm³/mol. The molecule has 0 radical (unpaired) electrons. The maximum absolute atomic E-state index is 10.5. The van der Waals surface area contributed by atoms with Crippen LogP contribution < -0.4 is 0 Å². The fourth-order valence-electron chi connectivity index (χ4n) is 1.12. The molecule has 0 fully saturated rings. The van der Waals surface area contributed by atoms with Crippen LogP contribution in [-0.2, 0) is 0 Å². The van der Waals surface area contributed by atoms with E-state index in [1.165, 1.54) is 6.07 Å². The zero-order chi connectivity index (χ0) is 9.97. The summed E-state index contributed by atoms with van der Waals surface area (Å²) < 4.78 is 5.10. The quantitative estimate of drug-likeness (QED) is 0.853. The lowest BCUT2D eigenvalue weighted by atomic mass is 10.2. The molecule has 0 spiro atoms. The molecule has 0 saturated carbocycles. The van der Waals surface area contributed by atoms with Gasteiger partial charge >= 0.3 is 5.97 Å². The van der Waals surface area contributed by atoms with Crippen LogP contribution in [0, 0.1) is 0 Å². The second-order valence-corrected chi connectivity index (χ2v) is 2.70. The summed E-state index contributed by atoms with van der Waals surface area (Å²) in [5, 5.41) is 8.64. The highest BCUT2D eigenvalue weighted by molar-refractivity contribution is 5.85. The minimum absolute atomic E-state index is 0. The van der Waals surface area contributed by atoms with Crippen LogP contribution in [0.2, 0.25) is 0 Å². The maximum Gasteiger partial charge on any atom is 0.371 e. The van der Waals surface area contributed by atoms with Gasteiger partial charge in [0.05, 0.1) is 0 Å². The Kier molecular flexibility index (Phi) is 3.46. The first-order chi connectivity index (χ1) is 6.77. The second-order valence-electron chi connectivity index (χ2n) is 2.70. The van der Waals surface area contributed by atoms with Crippen molar-refractivity contribution in [3.8, 4) is 11.3 Å². The minimum Gasteiger partial charge on any atom is -0.475 e. The molecule has 0 aromatic carbocycles. The Morgan fingerprint density at radius 2 is 1.87 bits per heavy atom. The van der Waals surface area contributed by atoms with E-state index in [0.717, 1.165) is 5.56 Å². The highest BCUT2D eigenvalue weighted by Crippen LogP contribution is 2.20. The van der Waals surface area contributed by atoms with Crippen LogP contribution in [-0.4, -0.2) is 16.1 Å². The Bertz CT molecular complexity index is 453. The number of rotatable bonds is 2. The van der Waals surface area contributed by atoms with Crippen molar-refractivity contribution in [3.63, 3.8) is 0 Å². The van der Waals surface area contributed by atoms with Gasteiger partial charge in [-0.25, -0.2) is 4.79 Å². The zero-order valence-electron chi connectivity index (χ0n) is 7.58. The zero-order valence-corrected chi connectivity index (χ0v) is 8.40. The summed E-state index contributed by atoms with van der Waals surface area (Å²) in [5.74, 6) is -0.591. The molecule has 5 heteroatoms. The fourth-order valence-corrected chi connectivity index (χ4v) is 1.12. The van der Waals surface area contributed by atoms with Crippen molar-refractivity contribution in [2.24, 2.45) is 0 Å². The van der Waals surface area contributed by atoms with Crippen LogP contribution in [0.4, 0.5) is 0 Å². The first-order valence-corrected chi connectivity index (χ1v) is 4.01. The van der Waals surface area contributed by atoms with E-state index in [-0.39, 0.29) is 18.2 Å². The minimum atomic E-state index is -1.06. The van der Waals surface area contributed by atoms with Crippen LogP contribution in [0.15, 0.2) is 41.1 Å². The van der Waals surface area contributed by atoms with E-state index in [4.69, 9.17) is 9.52 Å². The van der Waals surface area contributed by atoms with E-state index in [0.29, 0.717) is 5.76 Å². The van der Waals surface area contributed by atoms with E-state index in [2.05, 4.69) is 4.98 Å². The van der Waals surface area contributed by atoms with E-state index in [1.54, 1.807) is 30.6 Å². The van der Waals surface area contributed by atoms with Crippen LogP contribution in [0.5, 0.6) is 0 Å². The summed E-state index contributed by atoms with van der Waals surface area (Å²) >= 11 is 0. The number of aromatic nitrogens is 1. The van der Waals surface area contributed by atoms with Gasteiger partial charge in [-0.1, -0.05) is 0 Å². The molecule has 2 rings (SSSR count). The van der Waals surface area contributed by atoms with E-state index in [1.807, 2.05) is 0 Å². The van der Waals surface area contributed by atoms with Crippen molar-refractivity contribution < 1.29 is 14.3 Å². The molecule has 15 heavy (non-hydrogen) atoms. The molecule has 0 saturated heterocycles. The summed E-state index contributed by atoms with van der Waals surface area (Å²) in [6, 6.07) is 6.56. The molecule has 4 nitrogen and oxygen atoms in total. The van der Waals surface area contributed by atoms with Crippen molar-refractivity contribution in [1.82, 2.24) is 4.98 Å². The van der Waals surface area contributed by atoms with Crippen LogP contribution in [0.1, 0.15) is 10.6 Å². The molecule has 0 bridgehead atoms. The number of halogens is 1. The molecular formula is C10H8ClNO3. The van der Waals surface area contributed by atoms with E-state index < -0.39 is 5.97 Å². The number of carbonyl (C=O) groups is 1. The average Bonchev–Trinajstić information content (AvgIpc) is 2.68. The summed E-state index contributed by atoms with van der Waals surface area (Å²) in [4.78, 5) is 14.4. The third-order valence-electron chi connectivity index (χ3n) is 1.78. The molecular weight excluding hydrogens is 218 g/mol. The Hall–Kier alpha value is -1.81. The first kappa shape index (κ1) is 11.3. The average molecular weight is 226 g/mol. The molecule has 0 aliphatic rings. The highest BCUT2D eigenvalue weighted by atomic mass is 35.5. The van der Waals surface area contributed by atoms with Crippen molar-refractivity contribution in [1.29, 1.82) is 0 Å². The lowest BCUT2D eigenvalue weighted by Crippen LogP contribution is -1.91. The van der Waals surface area contributed by atoms with Gasteiger partial charge in [-0.15, -0.1) is 12.4 Å². The van der Waals surface area contributed by atoms with Gasteiger partial charge in [0.25, 0.3) is 0 Å². The van der Waals surface area contributed by atoms with Gasteiger partial charge in [-0.2, -0.15) is 0 Å². The van der Waals surface area contributed by atoms with Gasteiger partial charge in [0.1, 0.15) is 5.76 Å². The Morgan fingerprint density at radius 1 is 1.20 bits per heavy atom. The third kappa shape index (κ3) is 2.35. The van der Waals surface area contributed by atoms with Crippen molar-refractivity contribution >= 4 is 18.4 Å². The monoisotopic (exact) mass is 225 g/mol. The fraction of sp³-hybridized carbons (Fsp3) is 0. The molecule has 0 atom stereocenters. The third-order valence-corrected chi connectivity index (χ3v) is 1.78. The summed E-state index contributed by atoms with van der Waals surface area (Å²) in [7, 11) is 0. The van der Waals surface area contributed by atoms with Gasteiger partial charge in [-0.3, -0.25) is 4.98 Å². The number of furan rings is 1. The number of hydrogen-bond donors (Lipinski definition) is 1. The van der Waals surface area contributed by atoms with Gasteiger partial charge in [0.15, 0.2) is 0 Å². The Labute approximate surface area is 92.0 Å². The number of carboxylic acids is 1. The van der Waals surface area contributed by atoms with Crippen LogP contribution in [0.25, 0.3) is 11.3 Å². The number of carboxylic acid groups (broad SMARTS) is 1. The lowest BCUT2D eigenvalue weighted by molar-refractivity contribution is 0.0663. The Balaban J connectivity index is 0.00000112. The number of aromatic carboxylic acids is 1. The van der Waals surface area contributed by atoms with Crippen molar-refractivity contribution in [3.05, 3.63) is 42.4 Å². The molecule has 1 N–H and O–H groups in total. The standard InChI is InChI=1S/C10H7NO3.ClH/c12-10(13)9-2-1-8(14-9)7-3-5-11-6-4-7;/h1-6H,(H,12,13);1H. The molecule has 2 aromatic rings. The van der Waals surface area contributed by atoms with Gasteiger partial charge in [0.2, 0.25) is 5.76 Å². The number of hydrogen-bond acceptors (Lipinski definition) is 3. The molecule has 0 amide bonds. The molecule has 0 unspecified atom stereocenters. The molecule has 0 aliphatic carbocycles. The predicted octanol–water partition coefficient (Wildman–Crippen LogP) is 2.46. The Morgan fingerprint density at radius 3 is 2.40 bits per heavy atom. The van der Waals surface area contributed by atoms with E-state index in [9.17, 15) is 4.79 Å². The smallest absolute Gasteiger partial charge is 0.371 e. The maximum atomic E-state index is 10.5. The van der Waals surface area contributed by atoms with Crippen molar-refractivity contribution in [2.45, 2.75) is 0 Å². The summed E-state index contributed by atoms with van der Waals surface area (Å²) in [6.07, 6.45) is 3.25. The lowest BCUT2D eigenvalue weighted by Gasteiger charge is -1.93. The van der Waals surface area contributed by atoms with Gasteiger partial charge < -0.3 is 9.52 Å². The molecule has 2 aromatic heterocycles. The van der Waals surface area contributed by atoms with Crippen molar-refractivity contribution in [2.75, 3.05) is 0 Å². The number of nitrogens with zero attached hydrogens (tertiary/aromatic N) is 1. The van der Waals surface area contributed by atoms with Crippen LogP contribution in [0.3, 0.4) is 0 Å². The first-order valence-electron chi connectivity index (χ1n) is 4.01. The van der Waals surface area contributed by atoms with Gasteiger partial charge in [-0.05, 0) is 24.3 Å². The molecule has 78 valence electrons. The molecule has 0 aliphatic heterocycles.